The zero-order valence-electron chi connectivity index (χ0n) is 10.5. The predicted molar refractivity (Wildman–Crippen MR) is 49.4 cm³/mol. The number of hydrogen-bond donors (Lipinski definition) is 2. The summed E-state index contributed by atoms with van der Waals surface area (Å²) in [5, 5.41) is 37.1. The fourth-order valence-electron chi connectivity index (χ4n) is 0.412. The second kappa shape index (κ2) is 19.7. The Morgan fingerprint density at radius 1 is 0.650 bits per heavy atom. The van der Waals surface area contributed by atoms with E-state index >= 15 is 0 Å². The van der Waals surface area contributed by atoms with Gasteiger partial charge < -0.3 is 51.1 Å². The molecule has 0 aliphatic rings. The van der Waals surface area contributed by atoms with Gasteiger partial charge in [-0.2, -0.15) is 0 Å². The predicted octanol–water partition coefficient (Wildman–Crippen LogP) is -8.39. The quantitative estimate of drug-likeness (QED) is 0.347. The van der Waals surface area contributed by atoms with Gasteiger partial charge in [0.1, 0.15) is 0 Å². The van der Waals surface area contributed by atoms with Gasteiger partial charge in [-0.3, -0.25) is 0 Å². The summed E-state index contributed by atoms with van der Waals surface area (Å²) in [5.41, 5.74) is 7.27. The van der Waals surface area contributed by atoms with E-state index in [1.165, 1.54) is 6.42 Å². The topological polar surface area (TPSA) is 216 Å². The number of aliphatic carboxylic acids is 4. The van der Waals surface area contributed by atoms with Crippen LogP contribution in [0.3, 0.4) is 0 Å². The molecule has 10 nitrogen and oxygen atoms in total. The van der Waals surface area contributed by atoms with Crippen molar-refractivity contribution in [1.82, 2.24) is 0 Å². The molecule has 0 fully saturated rings. The van der Waals surface area contributed by atoms with Gasteiger partial charge in [-0.1, -0.05) is 0 Å². The normalized spacial score (nSPS) is 7.70. The van der Waals surface area contributed by atoms with Crippen molar-refractivity contribution in [3.63, 3.8) is 0 Å². The van der Waals surface area contributed by atoms with Gasteiger partial charge in [-0.25, -0.2) is 0 Å². The number of carbonyl (C=O) groups is 4. The van der Waals surface area contributed by atoms with Crippen LogP contribution < -0.4 is 31.9 Å². The molecule has 0 aliphatic carbocycles. The van der Waals surface area contributed by atoms with Gasteiger partial charge >= 0.3 is 17.1 Å². The number of carboxylic acids is 4. The maximum absolute atomic E-state index is 9.28. The molecule has 11 heteroatoms. The van der Waals surface area contributed by atoms with Gasteiger partial charge in [0.15, 0.2) is 0 Å². The molecule has 0 atom stereocenters. The molecule has 1 radical (unpaired) electrons. The average molecular weight is 344 g/mol. The summed E-state index contributed by atoms with van der Waals surface area (Å²) >= 11 is 0. The Balaban J connectivity index is -0.0000000952. The first-order chi connectivity index (χ1) is 8.67. The van der Waals surface area contributed by atoms with Crippen LogP contribution in [0, 0.1) is 0 Å². The van der Waals surface area contributed by atoms with Crippen molar-refractivity contribution in [2.24, 2.45) is 0 Å². The SMILES string of the molecule is O=C([O-])CC(=O)[O-].O=C([O-])CC(=O)[O-].[Cu+2].[NH3+]CCC[NH3+]. The third kappa shape index (κ3) is 55.3. The average Bonchev–Trinajstić information content (AvgIpc) is 2.15. The Labute approximate surface area is 125 Å². The molecule has 6 N–H and O–H groups in total. The smallest absolute Gasteiger partial charge is 0.550 e. The molecule has 0 aliphatic heterocycles. The summed E-state index contributed by atoms with van der Waals surface area (Å²) in [6.45, 7) is 2.06. The first-order valence-corrected chi connectivity index (χ1v) is 5.05. The number of quaternary nitrogens is 2. The maximum Gasteiger partial charge on any atom is 2.00 e. The summed E-state index contributed by atoms with van der Waals surface area (Å²) < 4.78 is 0. The molecule has 121 valence electrons. The van der Waals surface area contributed by atoms with Gasteiger partial charge in [0.25, 0.3) is 0 Å². The third-order valence-electron chi connectivity index (χ3n) is 1.08. The summed E-state index contributed by atoms with van der Waals surface area (Å²) in [4.78, 5) is 37.1. The second-order valence-electron chi connectivity index (χ2n) is 2.90. The van der Waals surface area contributed by atoms with E-state index in [0.717, 1.165) is 13.1 Å². The molecular formula is C9H16CuN2O8. The van der Waals surface area contributed by atoms with Gasteiger partial charge in [-0.15, -0.1) is 0 Å². The van der Waals surface area contributed by atoms with Crippen LogP contribution in [0.2, 0.25) is 0 Å². The van der Waals surface area contributed by atoms with Gasteiger partial charge in [0, 0.05) is 43.1 Å². The molecular weight excluding hydrogens is 328 g/mol. The molecule has 0 saturated heterocycles. The van der Waals surface area contributed by atoms with E-state index in [1.807, 2.05) is 0 Å². The van der Waals surface area contributed by atoms with Crippen molar-refractivity contribution < 1.29 is 68.1 Å². The largest absolute Gasteiger partial charge is 2.00 e. The van der Waals surface area contributed by atoms with E-state index < -0.39 is 36.7 Å². The molecule has 0 unspecified atom stereocenters. The Morgan fingerprint density at radius 3 is 0.850 bits per heavy atom. The molecule has 0 rings (SSSR count). The van der Waals surface area contributed by atoms with E-state index in [9.17, 15) is 39.6 Å². The van der Waals surface area contributed by atoms with Crippen LogP contribution in [0.1, 0.15) is 19.3 Å². The standard InChI is InChI=1S/C3H10N2.2C3H4O4.Cu/c4-2-1-3-5;2*4-2(5)1-3(6)7;/h1-5H2;2*1H2,(H,4,5)(H,6,7);/q;;;+2/p-2. The Hall–Kier alpha value is -1.68. The first kappa shape index (κ1) is 26.8. The van der Waals surface area contributed by atoms with Crippen LogP contribution in [-0.4, -0.2) is 37.0 Å². The minimum absolute atomic E-state index is 0. The Bertz CT molecular complexity index is 246. The number of hydrogen-bond acceptors (Lipinski definition) is 8. The van der Waals surface area contributed by atoms with Crippen LogP contribution in [-0.2, 0) is 36.2 Å². The van der Waals surface area contributed by atoms with Crippen molar-refractivity contribution in [3.8, 4) is 0 Å². The van der Waals surface area contributed by atoms with E-state index in [-0.39, 0.29) is 17.1 Å². The fourth-order valence-corrected chi connectivity index (χ4v) is 0.412. The van der Waals surface area contributed by atoms with Gasteiger partial charge in [-0.05, 0) is 0 Å². The fraction of sp³-hybridized carbons (Fsp3) is 0.556. The third-order valence-corrected chi connectivity index (χ3v) is 1.08. The summed E-state index contributed by atoms with van der Waals surface area (Å²) in [6, 6.07) is 0. The molecule has 0 aromatic carbocycles. The van der Waals surface area contributed by atoms with Crippen molar-refractivity contribution in [2.75, 3.05) is 13.1 Å². The van der Waals surface area contributed by atoms with E-state index in [2.05, 4.69) is 11.5 Å². The molecule has 0 spiro atoms. The van der Waals surface area contributed by atoms with Crippen molar-refractivity contribution in [3.05, 3.63) is 0 Å². The second-order valence-corrected chi connectivity index (χ2v) is 2.90. The van der Waals surface area contributed by atoms with Crippen molar-refractivity contribution in [1.29, 1.82) is 0 Å². The van der Waals surface area contributed by atoms with Crippen LogP contribution in [0.5, 0.6) is 0 Å². The van der Waals surface area contributed by atoms with Crippen molar-refractivity contribution in [2.45, 2.75) is 19.3 Å². The Morgan fingerprint density at radius 2 is 0.850 bits per heavy atom. The van der Waals surface area contributed by atoms with Crippen molar-refractivity contribution >= 4 is 23.9 Å². The molecule has 0 bridgehead atoms. The number of rotatable bonds is 6. The molecule has 0 aromatic rings. The minimum atomic E-state index is -1.63. The van der Waals surface area contributed by atoms with E-state index in [1.54, 1.807) is 0 Å². The number of carboxylic acid groups (broad SMARTS) is 4. The summed E-state index contributed by atoms with van der Waals surface area (Å²) in [7, 11) is 0. The molecule has 20 heavy (non-hydrogen) atoms. The minimum Gasteiger partial charge on any atom is -0.550 e. The van der Waals surface area contributed by atoms with Crippen LogP contribution >= 0.6 is 0 Å². The van der Waals surface area contributed by atoms with Crippen LogP contribution in [0.4, 0.5) is 0 Å². The van der Waals surface area contributed by atoms with Gasteiger partial charge in [0.2, 0.25) is 0 Å². The first-order valence-electron chi connectivity index (χ1n) is 5.05. The maximum atomic E-state index is 9.28. The van der Waals surface area contributed by atoms with Crippen LogP contribution in [0.15, 0.2) is 0 Å². The number of carbonyl (C=O) groups excluding carboxylic acids is 4. The van der Waals surface area contributed by atoms with E-state index in [4.69, 9.17) is 0 Å². The molecule has 0 amide bonds. The zero-order valence-corrected chi connectivity index (χ0v) is 11.5. The Kier molecular flexibility index (Phi) is 26.3. The monoisotopic (exact) mass is 343 g/mol. The van der Waals surface area contributed by atoms with Gasteiger partial charge in [0.05, 0.1) is 13.1 Å². The summed E-state index contributed by atoms with van der Waals surface area (Å²) in [5.74, 6) is -6.50. The molecule has 0 aromatic heterocycles. The van der Waals surface area contributed by atoms with Crippen LogP contribution in [0.25, 0.3) is 0 Å². The zero-order chi connectivity index (χ0) is 15.8. The molecule has 0 heterocycles. The summed E-state index contributed by atoms with van der Waals surface area (Å²) in [6.07, 6.45) is -0.889. The molecule has 0 saturated carbocycles. The van der Waals surface area contributed by atoms with E-state index in [0.29, 0.717) is 0 Å².